The van der Waals surface area contributed by atoms with E-state index in [9.17, 15) is 9.59 Å². The number of carbonyl (C=O) groups is 2. The van der Waals surface area contributed by atoms with Crippen LogP contribution in [0.15, 0.2) is 163 Å². The number of thiazole rings is 1. The van der Waals surface area contributed by atoms with Crippen molar-refractivity contribution in [1.29, 1.82) is 0 Å². The third kappa shape index (κ3) is 7.79. The van der Waals surface area contributed by atoms with Gasteiger partial charge in [-0.25, -0.2) is 14.6 Å². The summed E-state index contributed by atoms with van der Waals surface area (Å²) in [6, 6.07) is 52.7. The maximum atomic E-state index is 13.3. The molecule has 11 aromatic rings. The van der Waals surface area contributed by atoms with Crippen molar-refractivity contribution in [2.24, 2.45) is 5.41 Å². The first-order valence-corrected chi connectivity index (χ1v) is 25.4. The Kier molecular flexibility index (Phi) is 11.3. The summed E-state index contributed by atoms with van der Waals surface area (Å²) in [5.74, 6) is 0.119. The first-order valence-electron chi connectivity index (χ1n) is 21.9. The summed E-state index contributed by atoms with van der Waals surface area (Å²) in [5.41, 5.74) is 7.48. The Labute approximate surface area is 397 Å². The number of amides is 1. The van der Waals surface area contributed by atoms with Crippen LogP contribution in [-0.2, 0) is 20.8 Å². The second kappa shape index (κ2) is 17.7. The van der Waals surface area contributed by atoms with Gasteiger partial charge >= 0.3 is 12.1 Å². The van der Waals surface area contributed by atoms with Crippen molar-refractivity contribution in [1.82, 2.24) is 14.9 Å². The molecule has 0 saturated carbocycles. The van der Waals surface area contributed by atoms with E-state index in [0.717, 1.165) is 38.1 Å². The standard InChI is InChI=1S/C55H43N3O4S4/c1-3-50(59)61-28-27-56-53(60)62-32-55(4-2,33-63-54-57-44-19-7-10-22-49(44)66-54)31-58-45-25-23-34(36-15-11-17-40-38-13-5-8-20-47(38)64-51(36)40)29-42(45)43-30-35(24-26-46(43)58)37-16-12-18-41-39-14-6-9-21-48(39)65-52(37)41/h3,5-26,29-30H,1,4,27-28,31-33H2,2H3,(H,56,60). The number of alkyl carbamates (subject to hydrolysis) is 1. The Balaban J connectivity index is 1.04. The number of thiophene rings is 2. The van der Waals surface area contributed by atoms with Crippen LogP contribution >= 0.6 is 45.8 Å². The predicted octanol–water partition coefficient (Wildman–Crippen LogP) is 15.1. The molecule has 0 radical (unpaired) electrons. The molecule has 7 nitrogen and oxygen atoms in total. The van der Waals surface area contributed by atoms with Gasteiger partial charge in [0.2, 0.25) is 0 Å². The number of nitrogens with one attached hydrogen (secondary N) is 1. The Morgan fingerprint density at radius 2 is 1.26 bits per heavy atom. The molecule has 1 unspecified atom stereocenters. The summed E-state index contributed by atoms with van der Waals surface area (Å²) in [6.45, 7) is 6.51. The van der Waals surface area contributed by atoms with Crippen molar-refractivity contribution >= 4 is 130 Å². The molecule has 326 valence electrons. The van der Waals surface area contributed by atoms with E-state index in [4.69, 9.17) is 14.5 Å². The molecular weight excluding hydrogens is 895 g/mol. The van der Waals surface area contributed by atoms with Gasteiger partial charge in [-0.3, -0.25) is 0 Å². The largest absolute Gasteiger partial charge is 0.461 e. The molecule has 66 heavy (non-hydrogen) atoms. The Morgan fingerprint density at radius 1 is 0.682 bits per heavy atom. The zero-order valence-electron chi connectivity index (χ0n) is 36.0. The fourth-order valence-corrected chi connectivity index (χ4v) is 13.9. The lowest BCUT2D eigenvalue weighted by molar-refractivity contribution is -0.137. The zero-order valence-corrected chi connectivity index (χ0v) is 39.3. The Morgan fingerprint density at radius 3 is 1.85 bits per heavy atom. The van der Waals surface area contributed by atoms with E-state index in [0.29, 0.717) is 12.3 Å². The molecule has 4 heterocycles. The molecule has 7 aromatic carbocycles. The molecule has 0 saturated heterocycles. The maximum Gasteiger partial charge on any atom is 0.407 e. The molecule has 0 bridgehead atoms. The minimum absolute atomic E-state index is 0.0203. The first-order chi connectivity index (χ1) is 32.4. The van der Waals surface area contributed by atoms with Gasteiger partial charge in [-0.2, -0.15) is 0 Å². The van der Waals surface area contributed by atoms with Gasteiger partial charge < -0.3 is 19.4 Å². The van der Waals surface area contributed by atoms with Crippen LogP contribution in [0.2, 0.25) is 0 Å². The van der Waals surface area contributed by atoms with E-state index in [1.165, 1.54) is 73.4 Å². The maximum absolute atomic E-state index is 13.3. The van der Waals surface area contributed by atoms with Crippen LogP contribution in [0.1, 0.15) is 13.3 Å². The molecule has 0 aliphatic carbocycles. The van der Waals surface area contributed by atoms with Gasteiger partial charge in [-0.1, -0.05) is 122 Å². The van der Waals surface area contributed by atoms with Gasteiger partial charge in [-0.15, -0.1) is 34.0 Å². The van der Waals surface area contributed by atoms with E-state index in [1.54, 1.807) is 23.1 Å². The number of carbonyl (C=O) groups excluding carboxylic acids is 2. The molecule has 1 atom stereocenters. The van der Waals surface area contributed by atoms with Gasteiger partial charge in [0.05, 0.1) is 16.8 Å². The van der Waals surface area contributed by atoms with Crippen LogP contribution in [0, 0.1) is 5.41 Å². The summed E-state index contributed by atoms with van der Waals surface area (Å²) in [5, 5.41) is 10.2. The number of ether oxygens (including phenoxy) is 2. The molecule has 1 amide bonds. The van der Waals surface area contributed by atoms with Crippen molar-refractivity contribution in [3.63, 3.8) is 0 Å². The minimum Gasteiger partial charge on any atom is -0.461 e. The number of para-hydroxylation sites is 1. The Bertz CT molecular complexity index is 3470. The van der Waals surface area contributed by atoms with Crippen LogP contribution in [0.4, 0.5) is 4.79 Å². The van der Waals surface area contributed by atoms with Crippen LogP contribution in [0.5, 0.6) is 0 Å². The summed E-state index contributed by atoms with van der Waals surface area (Å²) < 4.78 is 20.8. The summed E-state index contributed by atoms with van der Waals surface area (Å²) in [6.07, 6.45) is 1.27. The number of thioether (sulfide) groups is 1. The molecule has 1 N–H and O–H groups in total. The quantitative estimate of drug-likeness (QED) is 0.0506. The van der Waals surface area contributed by atoms with Gasteiger partial charge in [0.15, 0.2) is 4.34 Å². The number of esters is 1. The molecule has 0 aliphatic rings. The van der Waals surface area contributed by atoms with E-state index in [-0.39, 0.29) is 19.8 Å². The Hall–Kier alpha value is -6.50. The predicted molar refractivity (Wildman–Crippen MR) is 280 cm³/mol. The average molecular weight is 938 g/mol. The number of fused-ring (bicyclic) bond motifs is 10. The van der Waals surface area contributed by atoms with Crippen molar-refractivity contribution in [2.45, 2.75) is 24.2 Å². The van der Waals surface area contributed by atoms with Crippen LogP contribution in [-0.4, -0.2) is 47.1 Å². The van der Waals surface area contributed by atoms with E-state index < -0.39 is 17.5 Å². The summed E-state index contributed by atoms with van der Waals surface area (Å²) in [4.78, 5) is 29.8. The monoisotopic (exact) mass is 937 g/mol. The third-order valence-electron chi connectivity index (χ3n) is 12.6. The van der Waals surface area contributed by atoms with Gasteiger partial charge in [0.1, 0.15) is 13.2 Å². The van der Waals surface area contributed by atoms with Gasteiger partial charge in [0, 0.05) is 85.9 Å². The van der Waals surface area contributed by atoms with Crippen molar-refractivity contribution in [2.75, 3.05) is 25.5 Å². The van der Waals surface area contributed by atoms with Crippen molar-refractivity contribution in [3.8, 4) is 22.3 Å². The number of benzene rings is 7. The lowest BCUT2D eigenvalue weighted by Gasteiger charge is -2.33. The van der Waals surface area contributed by atoms with Gasteiger partial charge in [-0.05, 0) is 77.2 Å². The highest BCUT2D eigenvalue weighted by Crippen LogP contribution is 2.45. The van der Waals surface area contributed by atoms with Crippen molar-refractivity contribution < 1.29 is 19.1 Å². The SMILES string of the molecule is C=CC(=O)OCCNC(=O)OCC(CC)(CSc1nc2ccccc2s1)Cn1c2ccc(-c3cccc4c3sc3ccccc34)cc2c2cc(-c3cccc4c3sc3ccccc34)ccc21. The average Bonchev–Trinajstić information content (AvgIpc) is 4.14. The van der Waals surface area contributed by atoms with Crippen LogP contribution in [0.25, 0.3) is 94.6 Å². The highest BCUT2D eigenvalue weighted by atomic mass is 32.2. The van der Waals surface area contributed by atoms with Crippen LogP contribution < -0.4 is 5.32 Å². The lowest BCUT2D eigenvalue weighted by Crippen LogP contribution is -2.38. The number of hydrogen-bond acceptors (Lipinski definition) is 9. The summed E-state index contributed by atoms with van der Waals surface area (Å²) >= 11 is 7.09. The number of hydrogen-bond donors (Lipinski definition) is 1. The third-order valence-corrected chi connectivity index (χ3v) is 17.6. The fraction of sp³-hybridized carbons (Fsp3) is 0.145. The highest BCUT2D eigenvalue weighted by Gasteiger charge is 2.33. The molecule has 0 spiro atoms. The molecule has 0 aliphatic heterocycles. The molecule has 11 rings (SSSR count). The molecule has 4 aromatic heterocycles. The second-order valence-corrected chi connectivity index (χ2v) is 20.9. The first kappa shape index (κ1) is 42.2. The lowest BCUT2D eigenvalue weighted by atomic mass is 9.88. The number of aromatic nitrogens is 2. The normalized spacial score (nSPS) is 12.7. The van der Waals surface area contributed by atoms with Gasteiger partial charge in [0.25, 0.3) is 0 Å². The molecule has 0 fully saturated rings. The van der Waals surface area contributed by atoms with Crippen LogP contribution in [0.3, 0.4) is 0 Å². The topological polar surface area (TPSA) is 82.4 Å². The van der Waals surface area contributed by atoms with E-state index >= 15 is 0 Å². The van der Waals surface area contributed by atoms with E-state index in [1.807, 2.05) is 40.9 Å². The van der Waals surface area contributed by atoms with Crippen molar-refractivity contribution in [3.05, 3.63) is 158 Å². The number of rotatable bonds is 14. The second-order valence-electron chi connectivity index (χ2n) is 16.6. The zero-order chi connectivity index (χ0) is 44.8. The fourth-order valence-electron chi connectivity index (χ4n) is 9.10. The smallest absolute Gasteiger partial charge is 0.407 e. The number of nitrogens with zero attached hydrogens (tertiary/aromatic N) is 2. The summed E-state index contributed by atoms with van der Waals surface area (Å²) in [7, 11) is 0. The van der Waals surface area contributed by atoms with E-state index in [2.05, 4.69) is 151 Å². The highest BCUT2D eigenvalue weighted by molar-refractivity contribution is 8.01. The molecule has 11 heteroatoms. The minimum atomic E-state index is -0.560. The molecular formula is C55H43N3O4S4.